The summed E-state index contributed by atoms with van der Waals surface area (Å²) in [6.07, 6.45) is 0. The van der Waals surface area contributed by atoms with Crippen molar-refractivity contribution in [3.8, 4) is 0 Å². The van der Waals surface area contributed by atoms with Crippen LogP contribution in [0.5, 0.6) is 0 Å². The molecule has 0 bridgehead atoms. The normalized spacial score (nSPS) is 17.0. The van der Waals surface area contributed by atoms with Crippen molar-refractivity contribution >= 4 is 23.3 Å². The van der Waals surface area contributed by atoms with E-state index >= 15 is 0 Å². The van der Waals surface area contributed by atoms with E-state index in [-0.39, 0.29) is 17.6 Å². The van der Waals surface area contributed by atoms with Crippen molar-refractivity contribution in [2.75, 3.05) is 37.7 Å². The van der Waals surface area contributed by atoms with Crippen LogP contribution in [0.2, 0.25) is 0 Å². The number of carbonyl (C=O) groups excluding carboxylic acids is 2. The van der Waals surface area contributed by atoms with E-state index in [1.165, 1.54) is 5.01 Å². The topological polar surface area (TPSA) is 68.2 Å². The Morgan fingerprint density at radius 1 is 1.18 bits per heavy atom. The highest BCUT2D eigenvalue weighted by atomic mass is 16.2. The van der Waals surface area contributed by atoms with Crippen LogP contribution in [0.25, 0.3) is 0 Å². The summed E-state index contributed by atoms with van der Waals surface area (Å²) < 4.78 is 0. The lowest BCUT2D eigenvalue weighted by Crippen LogP contribution is -2.59. The Hall–Kier alpha value is -2.41. The van der Waals surface area contributed by atoms with E-state index in [2.05, 4.69) is 43.0 Å². The van der Waals surface area contributed by atoms with Gasteiger partial charge >= 0.3 is 0 Å². The summed E-state index contributed by atoms with van der Waals surface area (Å²) in [5.74, 6) is 0.215. The Bertz CT molecular complexity index is 685. The number of aliphatic imine (C=N–C) groups is 1. The molecule has 1 aromatic rings. The van der Waals surface area contributed by atoms with Gasteiger partial charge in [-0.05, 0) is 38.1 Å². The van der Waals surface area contributed by atoms with Gasteiger partial charge in [0.25, 0.3) is 11.8 Å². The molecule has 0 spiro atoms. The molecule has 154 valence electrons. The van der Waals surface area contributed by atoms with Crippen molar-refractivity contribution in [3.63, 3.8) is 0 Å². The number of carbonyl (C=O) groups is 2. The van der Waals surface area contributed by atoms with Gasteiger partial charge in [0.1, 0.15) is 6.04 Å². The van der Waals surface area contributed by atoms with Gasteiger partial charge in [-0.2, -0.15) is 0 Å². The van der Waals surface area contributed by atoms with Crippen LogP contribution < -0.4 is 10.4 Å². The number of anilines is 1. The van der Waals surface area contributed by atoms with Gasteiger partial charge in [0.05, 0.1) is 5.69 Å². The Kier molecular flexibility index (Phi) is 7.99. The molecule has 7 heteroatoms. The number of rotatable bonds is 9. The summed E-state index contributed by atoms with van der Waals surface area (Å²) in [7, 11) is 0. The lowest BCUT2D eigenvalue weighted by Gasteiger charge is -2.33. The van der Waals surface area contributed by atoms with Gasteiger partial charge in [0, 0.05) is 19.6 Å². The van der Waals surface area contributed by atoms with Crippen molar-refractivity contribution < 1.29 is 9.59 Å². The number of hydrazine groups is 1. The molecule has 2 amide bonds. The molecule has 1 unspecified atom stereocenters. The van der Waals surface area contributed by atoms with E-state index in [9.17, 15) is 9.59 Å². The Balaban J connectivity index is 2.19. The molecule has 1 atom stereocenters. The number of hydrogen-bond acceptors (Lipinski definition) is 5. The fraction of sp³-hybridized carbons (Fsp3) is 0.571. The molecule has 7 nitrogen and oxygen atoms in total. The average Bonchev–Trinajstić information content (AvgIpc) is 2.69. The lowest BCUT2D eigenvalue weighted by molar-refractivity contribution is -0.125. The predicted molar refractivity (Wildman–Crippen MR) is 113 cm³/mol. The van der Waals surface area contributed by atoms with Crippen molar-refractivity contribution in [1.29, 1.82) is 0 Å². The first-order valence-electron chi connectivity index (χ1n) is 10.1. The fourth-order valence-electron chi connectivity index (χ4n) is 3.17. The first kappa shape index (κ1) is 21.9. The summed E-state index contributed by atoms with van der Waals surface area (Å²) in [4.78, 5) is 34.3. The number of benzene rings is 1. The van der Waals surface area contributed by atoms with Crippen molar-refractivity contribution in [2.45, 2.75) is 40.7 Å². The third-order valence-corrected chi connectivity index (χ3v) is 4.79. The van der Waals surface area contributed by atoms with Gasteiger partial charge in [0.2, 0.25) is 5.84 Å². The van der Waals surface area contributed by atoms with Crippen molar-refractivity contribution in [1.82, 2.24) is 15.2 Å². The van der Waals surface area contributed by atoms with E-state index in [0.717, 1.165) is 19.6 Å². The number of likely N-dealkylation sites (N-methyl/N-ethyl adjacent to an activating group) is 1. The van der Waals surface area contributed by atoms with Gasteiger partial charge < -0.3 is 9.80 Å². The van der Waals surface area contributed by atoms with Crippen LogP contribution in [0.3, 0.4) is 0 Å². The largest absolute Gasteiger partial charge is 0.334 e. The molecule has 0 aromatic heterocycles. The molecule has 1 aliphatic rings. The molecule has 28 heavy (non-hydrogen) atoms. The van der Waals surface area contributed by atoms with Crippen molar-refractivity contribution in [2.24, 2.45) is 10.9 Å². The third-order valence-electron chi connectivity index (χ3n) is 4.79. The number of nitrogens with one attached hydrogen (secondary N) is 1. The second-order valence-electron chi connectivity index (χ2n) is 7.45. The molecule has 0 radical (unpaired) electrons. The Morgan fingerprint density at radius 2 is 1.82 bits per heavy atom. The molecule has 1 aromatic carbocycles. The highest BCUT2D eigenvalue weighted by Crippen LogP contribution is 2.16. The van der Waals surface area contributed by atoms with Gasteiger partial charge in [-0.1, -0.05) is 45.9 Å². The van der Waals surface area contributed by atoms with Crippen LogP contribution in [0.1, 0.15) is 34.6 Å². The maximum Gasteiger partial charge on any atom is 0.290 e. The molecule has 0 fully saturated rings. The first-order chi connectivity index (χ1) is 13.4. The first-order valence-corrected chi connectivity index (χ1v) is 10.1. The number of hydrogen-bond donors (Lipinski definition) is 1. The monoisotopic (exact) mass is 387 g/mol. The van der Waals surface area contributed by atoms with E-state index in [1.54, 1.807) is 6.92 Å². The van der Waals surface area contributed by atoms with Crippen LogP contribution in [0, 0.1) is 5.92 Å². The summed E-state index contributed by atoms with van der Waals surface area (Å²) in [6.45, 7) is 14.1. The third kappa shape index (κ3) is 5.55. The van der Waals surface area contributed by atoms with Crippen LogP contribution in [-0.2, 0) is 9.59 Å². The SMILES string of the molecule is CCN(CC)CCN(CC(C)C)C(=O)C1=NC(C)C(=O)N(c2ccccc2)N1. The molecule has 1 N–H and O–H groups in total. The minimum atomic E-state index is -0.607. The highest BCUT2D eigenvalue weighted by molar-refractivity contribution is 6.39. The molecule has 1 heterocycles. The second kappa shape index (κ2) is 10.2. The Morgan fingerprint density at radius 3 is 2.39 bits per heavy atom. The van der Waals surface area contributed by atoms with Gasteiger partial charge in [-0.3, -0.25) is 15.0 Å². The number of amides is 2. The summed E-state index contributed by atoms with van der Waals surface area (Å²) in [6, 6.07) is 8.66. The van der Waals surface area contributed by atoms with Crippen LogP contribution >= 0.6 is 0 Å². The maximum atomic E-state index is 13.2. The van der Waals surface area contributed by atoms with E-state index in [1.807, 2.05) is 35.2 Å². The van der Waals surface area contributed by atoms with Gasteiger partial charge in [-0.15, -0.1) is 0 Å². The molecule has 0 saturated heterocycles. The number of nitrogens with zero attached hydrogens (tertiary/aromatic N) is 4. The molecule has 2 rings (SSSR count). The second-order valence-corrected chi connectivity index (χ2v) is 7.45. The highest BCUT2D eigenvalue weighted by Gasteiger charge is 2.32. The molecule has 0 aliphatic carbocycles. The minimum Gasteiger partial charge on any atom is -0.334 e. The average molecular weight is 388 g/mol. The lowest BCUT2D eigenvalue weighted by atomic mass is 10.2. The molecular formula is C21H33N5O2. The number of para-hydroxylation sites is 1. The molecular weight excluding hydrogens is 354 g/mol. The summed E-state index contributed by atoms with van der Waals surface area (Å²) in [5, 5.41) is 1.42. The smallest absolute Gasteiger partial charge is 0.290 e. The van der Waals surface area contributed by atoms with Crippen LogP contribution in [0.15, 0.2) is 35.3 Å². The zero-order valence-corrected chi connectivity index (χ0v) is 17.7. The van der Waals surface area contributed by atoms with Crippen LogP contribution in [-0.4, -0.2) is 66.2 Å². The van der Waals surface area contributed by atoms with Crippen molar-refractivity contribution in [3.05, 3.63) is 30.3 Å². The van der Waals surface area contributed by atoms with E-state index in [4.69, 9.17) is 0 Å². The zero-order valence-electron chi connectivity index (χ0n) is 17.7. The summed E-state index contributed by atoms with van der Waals surface area (Å²) in [5.41, 5.74) is 3.64. The Labute approximate surface area is 168 Å². The predicted octanol–water partition coefficient (Wildman–Crippen LogP) is 2.15. The van der Waals surface area contributed by atoms with Crippen LogP contribution in [0.4, 0.5) is 5.69 Å². The fourth-order valence-corrected chi connectivity index (χ4v) is 3.17. The molecule has 1 aliphatic heterocycles. The minimum absolute atomic E-state index is 0.166. The van der Waals surface area contributed by atoms with Gasteiger partial charge in [-0.25, -0.2) is 10.0 Å². The standard InChI is InChI=1S/C21H33N5O2/c1-6-24(7-2)13-14-25(15-16(3)4)21(28)19-22-17(5)20(27)26(23-19)18-11-9-8-10-12-18/h8-12,16-17H,6-7,13-15H2,1-5H3,(H,22,23). The summed E-state index contributed by atoms with van der Waals surface area (Å²) >= 11 is 0. The number of amidine groups is 1. The van der Waals surface area contributed by atoms with Gasteiger partial charge in [0.15, 0.2) is 0 Å². The maximum absolute atomic E-state index is 13.2. The van der Waals surface area contributed by atoms with E-state index < -0.39 is 6.04 Å². The zero-order chi connectivity index (χ0) is 20.7. The van der Waals surface area contributed by atoms with E-state index in [0.29, 0.717) is 24.7 Å². The quantitative estimate of drug-likeness (QED) is 0.705. The molecule has 0 saturated carbocycles.